The van der Waals surface area contributed by atoms with Gasteiger partial charge in [0.15, 0.2) is 0 Å². The first-order chi connectivity index (χ1) is 12.4. The van der Waals surface area contributed by atoms with Crippen LogP contribution in [-0.4, -0.2) is 23.9 Å². The Kier molecular flexibility index (Phi) is 6.23. The SMILES string of the molecule is Cc1ccc(NC(=O)C2CCN(Cc3c(Cl)cccc3Cl)CC2)cc1C. The summed E-state index contributed by atoms with van der Waals surface area (Å²) in [4.78, 5) is 14.9. The Bertz CT molecular complexity index is 778. The first-order valence-electron chi connectivity index (χ1n) is 8.97. The number of rotatable bonds is 4. The lowest BCUT2D eigenvalue weighted by Gasteiger charge is -2.31. The van der Waals surface area contributed by atoms with Crippen LogP contribution in [0, 0.1) is 19.8 Å². The molecule has 0 atom stereocenters. The highest BCUT2D eigenvalue weighted by atomic mass is 35.5. The molecule has 2 aromatic rings. The average molecular weight is 391 g/mol. The molecule has 0 aliphatic carbocycles. The number of hydrogen-bond donors (Lipinski definition) is 1. The largest absolute Gasteiger partial charge is 0.326 e. The number of piperidine rings is 1. The van der Waals surface area contributed by atoms with Gasteiger partial charge in [-0.15, -0.1) is 0 Å². The summed E-state index contributed by atoms with van der Waals surface area (Å²) in [5.41, 5.74) is 4.26. The summed E-state index contributed by atoms with van der Waals surface area (Å²) < 4.78 is 0. The van der Waals surface area contributed by atoms with Gasteiger partial charge in [0.1, 0.15) is 0 Å². The number of carbonyl (C=O) groups is 1. The molecule has 1 amide bonds. The van der Waals surface area contributed by atoms with E-state index < -0.39 is 0 Å². The zero-order chi connectivity index (χ0) is 18.7. The lowest BCUT2D eigenvalue weighted by Crippen LogP contribution is -2.37. The number of likely N-dealkylation sites (tertiary alicyclic amines) is 1. The summed E-state index contributed by atoms with van der Waals surface area (Å²) in [6, 6.07) is 11.6. The molecule has 1 aliphatic heterocycles. The third kappa shape index (κ3) is 4.59. The maximum Gasteiger partial charge on any atom is 0.227 e. The maximum atomic E-state index is 12.6. The van der Waals surface area contributed by atoms with Gasteiger partial charge in [-0.05, 0) is 75.2 Å². The number of halogens is 2. The standard InChI is InChI=1S/C21H24Cl2N2O/c1-14-6-7-17(12-15(14)2)24-21(26)16-8-10-25(11-9-16)13-18-19(22)4-3-5-20(18)23/h3-7,12,16H,8-11,13H2,1-2H3,(H,24,26). The van der Waals surface area contributed by atoms with Gasteiger partial charge < -0.3 is 5.32 Å². The highest BCUT2D eigenvalue weighted by molar-refractivity contribution is 6.35. The minimum absolute atomic E-state index is 0.0505. The van der Waals surface area contributed by atoms with Crippen molar-refractivity contribution in [3.05, 3.63) is 63.1 Å². The quantitative estimate of drug-likeness (QED) is 0.751. The van der Waals surface area contributed by atoms with Crippen molar-refractivity contribution < 1.29 is 4.79 Å². The van der Waals surface area contributed by atoms with Crippen LogP contribution in [0.1, 0.15) is 29.5 Å². The van der Waals surface area contributed by atoms with Crippen LogP contribution in [0.5, 0.6) is 0 Å². The summed E-state index contributed by atoms with van der Waals surface area (Å²) in [6.45, 7) is 6.59. The third-order valence-corrected chi connectivity index (χ3v) is 5.88. The molecule has 0 saturated carbocycles. The predicted octanol–water partition coefficient (Wildman–Crippen LogP) is 5.46. The minimum atomic E-state index is 0.0505. The van der Waals surface area contributed by atoms with Crippen LogP contribution in [0.2, 0.25) is 10.0 Å². The van der Waals surface area contributed by atoms with E-state index in [-0.39, 0.29) is 11.8 Å². The fourth-order valence-corrected chi connectivity index (χ4v) is 3.84. The number of benzene rings is 2. The number of amides is 1. The molecule has 1 heterocycles. The topological polar surface area (TPSA) is 32.3 Å². The van der Waals surface area contributed by atoms with E-state index >= 15 is 0 Å². The van der Waals surface area contributed by atoms with Gasteiger partial charge in [0.25, 0.3) is 0 Å². The molecule has 1 aliphatic rings. The molecule has 3 rings (SSSR count). The van der Waals surface area contributed by atoms with Crippen LogP contribution in [0.4, 0.5) is 5.69 Å². The van der Waals surface area contributed by atoms with E-state index in [1.165, 1.54) is 11.1 Å². The van der Waals surface area contributed by atoms with Gasteiger partial charge in [-0.3, -0.25) is 9.69 Å². The van der Waals surface area contributed by atoms with E-state index in [4.69, 9.17) is 23.2 Å². The van der Waals surface area contributed by atoms with E-state index in [1.54, 1.807) is 0 Å². The number of hydrogen-bond acceptors (Lipinski definition) is 2. The van der Waals surface area contributed by atoms with Gasteiger partial charge in [-0.25, -0.2) is 0 Å². The molecule has 138 valence electrons. The summed E-state index contributed by atoms with van der Waals surface area (Å²) in [5.74, 6) is 0.165. The summed E-state index contributed by atoms with van der Waals surface area (Å²) in [6.07, 6.45) is 1.69. The third-order valence-electron chi connectivity index (χ3n) is 5.18. The number of nitrogens with one attached hydrogen (secondary N) is 1. The Morgan fingerprint density at radius 1 is 1.08 bits per heavy atom. The lowest BCUT2D eigenvalue weighted by atomic mass is 9.95. The Labute approximate surface area is 165 Å². The van der Waals surface area contributed by atoms with Crippen molar-refractivity contribution in [1.29, 1.82) is 0 Å². The number of anilines is 1. The summed E-state index contributed by atoms with van der Waals surface area (Å²) in [7, 11) is 0. The molecule has 26 heavy (non-hydrogen) atoms. The molecule has 1 N–H and O–H groups in total. The van der Waals surface area contributed by atoms with Crippen molar-refractivity contribution in [3.8, 4) is 0 Å². The number of aryl methyl sites for hydroxylation is 2. The van der Waals surface area contributed by atoms with Crippen LogP contribution in [0.15, 0.2) is 36.4 Å². The highest BCUT2D eigenvalue weighted by Gasteiger charge is 2.25. The predicted molar refractivity (Wildman–Crippen MR) is 109 cm³/mol. The first kappa shape index (κ1) is 19.2. The van der Waals surface area contributed by atoms with Gasteiger partial charge in [-0.2, -0.15) is 0 Å². The van der Waals surface area contributed by atoms with Crippen molar-refractivity contribution in [3.63, 3.8) is 0 Å². The molecule has 2 aromatic carbocycles. The minimum Gasteiger partial charge on any atom is -0.326 e. The molecule has 0 aromatic heterocycles. The molecule has 1 saturated heterocycles. The monoisotopic (exact) mass is 390 g/mol. The molecule has 1 fully saturated rings. The van der Waals surface area contributed by atoms with Gasteiger partial charge in [0, 0.05) is 33.8 Å². The Morgan fingerprint density at radius 2 is 1.73 bits per heavy atom. The fraction of sp³-hybridized carbons (Fsp3) is 0.381. The molecule has 0 radical (unpaired) electrons. The van der Waals surface area contributed by atoms with Crippen LogP contribution in [0.3, 0.4) is 0 Å². The second-order valence-electron chi connectivity index (χ2n) is 7.04. The molecule has 0 spiro atoms. The van der Waals surface area contributed by atoms with Crippen LogP contribution in [-0.2, 0) is 11.3 Å². The Morgan fingerprint density at radius 3 is 2.35 bits per heavy atom. The van der Waals surface area contributed by atoms with E-state index in [2.05, 4.69) is 24.1 Å². The zero-order valence-corrected chi connectivity index (χ0v) is 16.7. The van der Waals surface area contributed by atoms with E-state index in [9.17, 15) is 4.79 Å². The fourth-order valence-electron chi connectivity index (χ4n) is 3.32. The van der Waals surface area contributed by atoms with E-state index in [1.807, 2.05) is 36.4 Å². The van der Waals surface area contributed by atoms with Crippen molar-refractivity contribution in [2.24, 2.45) is 5.92 Å². The summed E-state index contributed by atoms with van der Waals surface area (Å²) >= 11 is 12.5. The van der Waals surface area contributed by atoms with Gasteiger partial charge in [0.05, 0.1) is 0 Å². The van der Waals surface area contributed by atoms with Crippen molar-refractivity contribution in [2.45, 2.75) is 33.2 Å². The molecule has 5 heteroatoms. The lowest BCUT2D eigenvalue weighted by molar-refractivity contribution is -0.121. The molecular formula is C21H24Cl2N2O. The second kappa shape index (κ2) is 8.43. The van der Waals surface area contributed by atoms with Crippen molar-refractivity contribution in [2.75, 3.05) is 18.4 Å². The molecular weight excluding hydrogens is 367 g/mol. The van der Waals surface area contributed by atoms with Crippen LogP contribution in [0.25, 0.3) is 0 Å². The second-order valence-corrected chi connectivity index (χ2v) is 7.85. The van der Waals surface area contributed by atoms with Crippen molar-refractivity contribution in [1.82, 2.24) is 4.90 Å². The zero-order valence-electron chi connectivity index (χ0n) is 15.2. The normalized spacial score (nSPS) is 15.8. The maximum absolute atomic E-state index is 12.6. The number of carbonyl (C=O) groups excluding carboxylic acids is 1. The van der Waals surface area contributed by atoms with Crippen LogP contribution < -0.4 is 5.32 Å². The van der Waals surface area contributed by atoms with Gasteiger partial charge >= 0.3 is 0 Å². The highest BCUT2D eigenvalue weighted by Crippen LogP contribution is 2.28. The summed E-state index contributed by atoms with van der Waals surface area (Å²) in [5, 5.41) is 4.46. The van der Waals surface area contributed by atoms with Gasteiger partial charge in [-0.1, -0.05) is 35.3 Å². The van der Waals surface area contributed by atoms with Gasteiger partial charge in [0.2, 0.25) is 5.91 Å². The molecule has 0 unspecified atom stereocenters. The Hall–Kier alpha value is -1.55. The average Bonchev–Trinajstić information content (AvgIpc) is 2.62. The van der Waals surface area contributed by atoms with E-state index in [0.717, 1.165) is 43.7 Å². The molecule has 3 nitrogen and oxygen atoms in total. The molecule has 0 bridgehead atoms. The van der Waals surface area contributed by atoms with E-state index in [0.29, 0.717) is 10.0 Å². The smallest absolute Gasteiger partial charge is 0.227 e. The Balaban J connectivity index is 1.54. The number of nitrogens with zero attached hydrogens (tertiary/aromatic N) is 1. The van der Waals surface area contributed by atoms with Crippen molar-refractivity contribution >= 4 is 34.8 Å². The van der Waals surface area contributed by atoms with Crippen LogP contribution >= 0.6 is 23.2 Å². The first-order valence-corrected chi connectivity index (χ1v) is 9.73.